The van der Waals surface area contributed by atoms with Crippen molar-refractivity contribution in [3.63, 3.8) is 0 Å². The van der Waals surface area contributed by atoms with Gasteiger partial charge < -0.3 is 10.6 Å². The third-order valence-corrected chi connectivity index (χ3v) is 4.47. The van der Waals surface area contributed by atoms with Gasteiger partial charge in [0.25, 0.3) is 0 Å². The Balaban J connectivity index is 1.69. The molecule has 0 aromatic heterocycles. The molecule has 0 saturated carbocycles. The molecule has 0 atom stereocenters. The fraction of sp³-hybridized carbons (Fsp3) is 0.364. The molecular weight excluding hydrogens is 338 g/mol. The van der Waals surface area contributed by atoms with E-state index in [1.54, 1.807) is 0 Å². The first-order valence-corrected chi connectivity index (χ1v) is 9.48. The van der Waals surface area contributed by atoms with E-state index in [0.717, 1.165) is 30.8 Å². The molecule has 0 unspecified atom stereocenters. The Morgan fingerprint density at radius 3 is 2.04 bits per heavy atom. The van der Waals surface area contributed by atoms with Crippen molar-refractivity contribution < 1.29 is 9.59 Å². The summed E-state index contributed by atoms with van der Waals surface area (Å²) in [6, 6.07) is 17.7. The Bertz CT molecular complexity index is 710. The predicted molar refractivity (Wildman–Crippen MR) is 108 cm³/mol. The number of nitrogens with one attached hydrogen (secondary N) is 2. The third-order valence-electron chi connectivity index (χ3n) is 4.47. The molecule has 27 heavy (non-hydrogen) atoms. The largest absolute Gasteiger partial charge is 0.350 e. The molecule has 2 N–H and O–H groups in total. The summed E-state index contributed by atoms with van der Waals surface area (Å²) in [7, 11) is 0. The van der Waals surface area contributed by atoms with Crippen molar-refractivity contribution in [3.8, 4) is 0 Å². The lowest BCUT2D eigenvalue weighted by Crippen LogP contribution is -2.37. The van der Waals surface area contributed by atoms with Gasteiger partial charge >= 0.3 is 0 Å². The Morgan fingerprint density at radius 2 is 1.41 bits per heavy atom. The van der Waals surface area contributed by atoms with Crippen LogP contribution in [0.5, 0.6) is 0 Å². The van der Waals surface area contributed by atoms with Gasteiger partial charge in [-0.2, -0.15) is 0 Å². The van der Waals surface area contributed by atoms with Gasteiger partial charge in [-0.3, -0.25) is 14.5 Å². The van der Waals surface area contributed by atoms with Gasteiger partial charge in [-0.1, -0.05) is 68.4 Å². The van der Waals surface area contributed by atoms with Gasteiger partial charge in [-0.05, 0) is 29.8 Å². The number of hydrogen-bond donors (Lipinski definition) is 2. The molecule has 2 aromatic rings. The Labute approximate surface area is 161 Å². The zero-order valence-electron chi connectivity index (χ0n) is 16.2. The normalized spacial score (nSPS) is 10.6. The monoisotopic (exact) mass is 367 g/mol. The minimum atomic E-state index is -0.191. The van der Waals surface area contributed by atoms with Crippen LogP contribution < -0.4 is 10.6 Å². The average Bonchev–Trinajstić information content (AvgIpc) is 2.70. The van der Waals surface area contributed by atoms with E-state index in [1.165, 1.54) is 5.56 Å². The van der Waals surface area contributed by atoms with Crippen molar-refractivity contribution in [1.29, 1.82) is 0 Å². The highest BCUT2D eigenvalue weighted by atomic mass is 16.2. The standard InChI is InChI=1S/C22H29N3O2/c1-3-25(4-2)17-20-12-10-19(11-13-20)15-23-22(27)16-24-21(26)14-18-8-6-5-7-9-18/h5-13H,3-4,14-17H2,1-2H3,(H,23,27)(H,24,26). The first kappa shape index (κ1) is 20.6. The minimum absolute atomic E-state index is 0.00822. The zero-order valence-corrected chi connectivity index (χ0v) is 16.2. The number of carbonyl (C=O) groups excluding carboxylic acids is 2. The fourth-order valence-corrected chi connectivity index (χ4v) is 2.75. The van der Waals surface area contributed by atoms with Crippen LogP contribution in [0.4, 0.5) is 0 Å². The van der Waals surface area contributed by atoms with E-state index >= 15 is 0 Å². The van der Waals surface area contributed by atoms with Crippen molar-refractivity contribution >= 4 is 11.8 Å². The molecule has 0 aliphatic rings. The molecule has 2 amide bonds. The van der Waals surface area contributed by atoms with E-state index in [9.17, 15) is 9.59 Å². The Hall–Kier alpha value is -2.66. The topological polar surface area (TPSA) is 61.4 Å². The number of rotatable bonds is 10. The summed E-state index contributed by atoms with van der Waals surface area (Å²) < 4.78 is 0. The maximum Gasteiger partial charge on any atom is 0.239 e. The van der Waals surface area contributed by atoms with E-state index in [1.807, 2.05) is 42.5 Å². The Morgan fingerprint density at radius 1 is 0.778 bits per heavy atom. The average molecular weight is 367 g/mol. The quantitative estimate of drug-likeness (QED) is 0.678. The van der Waals surface area contributed by atoms with Crippen molar-refractivity contribution in [1.82, 2.24) is 15.5 Å². The molecule has 144 valence electrons. The second-order valence-electron chi connectivity index (χ2n) is 6.49. The lowest BCUT2D eigenvalue weighted by Gasteiger charge is -2.18. The molecule has 0 aliphatic carbocycles. The molecule has 0 radical (unpaired) electrons. The van der Waals surface area contributed by atoms with Gasteiger partial charge in [0.15, 0.2) is 0 Å². The van der Waals surface area contributed by atoms with Crippen molar-refractivity contribution in [2.75, 3.05) is 19.6 Å². The number of nitrogens with zero attached hydrogens (tertiary/aromatic N) is 1. The van der Waals surface area contributed by atoms with Crippen LogP contribution in [0.2, 0.25) is 0 Å². The van der Waals surface area contributed by atoms with Gasteiger partial charge in [0.1, 0.15) is 0 Å². The molecule has 2 rings (SSSR count). The number of benzene rings is 2. The number of amides is 2. The van der Waals surface area contributed by atoms with Crippen molar-refractivity contribution in [2.45, 2.75) is 33.4 Å². The van der Waals surface area contributed by atoms with Crippen LogP contribution in [0.1, 0.15) is 30.5 Å². The first-order valence-electron chi connectivity index (χ1n) is 9.48. The summed E-state index contributed by atoms with van der Waals surface area (Å²) in [4.78, 5) is 26.2. The van der Waals surface area contributed by atoms with Gasteiger partial charge in [-0.15, -0.1) is 0 Å². The van der Waals surface area contributed by atoms with Crippen LogP contribution in [0.15, 0.2) is 54.6 Å². The van der Waals surface area contributed by atoms with E-state index in [4.69, 9.17) is 0 Å². The molecule has 0 aliphatic heterocycles. The van der Waals surface area contributed by atoms with Gasteiger partial charge in [0, 0.05) is 13.1 Å². The Kier molecular flexibility index (Phi) is 8.52. The SMILES string of the molecule is CCN(CC)Cc1ccc(CNC(=O)CNC(=O)Cc2ccccc2)cc1. The van der Waals surface area contributed by atoms with Crippen LogP contribution in [0.25, 0.3) is 0 Å². The molecule has 0 fully saturated rings. The lowest BCUT2D eigenvalue weighted by atomic mass is 10.1. The molecule has 0 spiro atoms. The summed E-state index contributed by atoms with van der Waals surface area (Å²) in [6.07, 6.45) is 0.280. The lowest BCUT2D eigenvalue weighted by molar-refractivity contribution is -0.125. The molecule has 0 saturated heterocycles. The van der Waals surface area contributed by atoms with Gasteiger partial charge in [0.2, 0.25) is 11.8 Å². The minimum Gasteiger partial charge on any atom is -0.350 e. The molecule has 5 heteroatoms. The second-order valence-corrected chi connectivity index (χ2v) is 6.49. The number of hydrogen-bond acceptors (Lipinski definition) is 3. The van der Waals surface area contributed by atoms with E-state index in [0.29, 0.717) is 6.54 Å². The molecular formula is C22H29N3O2. The highest BCUT2D eigenvalue weighted by Crippen LogP contribution is 2.07. The van der Waals surface area contributed by atoms with Crippen LogP contribution in [-0.4, -0.2) is 36.3 Å². The summed E-state index contributed by atoms with van der Waals surface area (Å²) in [5, 5.41) is 5.49. The fourth-order valence-electron chi connectivity index (χ4n) is 2.75. The highest BCUT2D eigenvalue weighted by Gasteiger charge is 2.07. The first-order chi connectivity index (χ1) is 13.1. The van der Waals surface area contributed by atoms with E-state index in [-0.39, 0.29) is 24.8 Å². The van der Waals surface area contributed by atoms with Crippen molar-refractivity contribution in [2.24, 2.45) is 0 Å². The van der Waals surface area contributed by atoms with E-state index < -0.39 is 0 Å². The zero-order chi connectivity index (χ0) is 19.5. The summed E-state index contributed by atoms with van der Waals surface area (Å²) in [5.41, 5.74) is 3.24. The summed E-state index contributed by atoms with van der Waals surface area (Å²) in [6.45, 7) is 7.77. The molecule has 5 nitrogen and oxygen atoms in total. The maximum absolute atomic E-state index is 11.9. The highest BCUT2D eigenvalue weighted by molar-refractivity contribution is 5.85. The predicted octanol–water partition coefficient (Wildman–Crippen LogP) is 2.50. The molecule has 2 aromatic carbocycles. The van der Waals surface area contributed by atoms with E-state index in [2.05, 4.69) is 41.5 Å². The van der Waals surface area contributed by atoms with Crippen LogP contribution in [0, 0.1) is 0 Å². The second kappa shape index (κ2) is 11.1. The van der Waals surface area contributed by atoms with Gasteiger partial charge in [0.05, 0.1) is 13.0 Å². The summed E-state index contributed by atoms with van der Waals surface area (Å²) in [5.74, 6) is -0.347. The molecule has 0 bridgehead atoms. The third kappa shape index (κ3) is 7.62. The smallest absolute Gasteiger partial charge is 0.239 e. The van der Waals surface area contributed by atoms with Crippen LogP contribution >= 0.6 is 0 Å². The molecule has 0 heterocycles. The van der Waals surface area contributed by atoms with Crippen molar-refractivity contribution in [3.05, 3.63) is 71.3 Å². The number of carbonyl (C=O) groups is 2. The van der Waals surface area contributed by atoms with Gasteiger partial charge in [-0.25, -0.2) is 0 Å². The van der Waals surface area contributed by atoms with Crippen LogP contribution in [0.3, 0.4) is 0 Å². The van der Waals surface area contributed by atoms with Crippen LogP contribution in [-0.2, 0) is 29.1 Å². The maximum atomic E-state index is 11.9. The summed E-state index contributed by atoms with van der Waals surface area (Å²) >= 11 is 0.